The number of carbonyl (C=O) groups excluding carboxylic acids is 2. The quantitative estimate of drug-likeness (QED) is 0.122. The molecule has 1 aromatic carbocycles. The number of azide groups is 1. The highest BCUT2D eigenvalue weighted by molar-refractivity contribution is 6.06. The van der Waals surface area contributed by atoms with E-state index in [4.69, 9.17) is 24.5 Å². The lowest BCUT2D eigenvalue weighted by atomic mass is 10.0. The summed E-state index contributed by atoms with van der Waals surface area (Å²) in [5.74, 6) is -0.0639. The molecule has 2 heterocycles. The predicted octanol–water partition coefficient (Wildman–Crippen LogP) is 5.24. The Kier molecular flexibility index (Phi) is 8.50. The van der Waals surface area contributed by atoms with E-state index in [1.54, 1.807) is 6.07 Å². The molecule has 0 amide bonds. The Hall–Kier alpha value is -4.11. The Morgan fingerprint density at radius 3 is 1.67 bits per heavy atom. The molecule has 3 rings (SSSR count). The lowest BCUT2D eigenvalue weighted by Gasteiger charge is -2.18. The number of rotatable bonds is 10. The molecule has 0 unspecified atom stereocenters. The zero-order valence-electron chi connectivity index (χ0n) is 21.2. The second-order valence-electron chi connectivity index (χ2n) is 8.94. The summed E-state index contributed by atoms with van der Waals surface area (Å²) in [4.78, 5) is 36.7. The largest absolute Gasteiger partial charge is 0.493 e. The molecular formula is C25H29N5O6. The van der Waals surface area contributed by atoms with E-state index in [-0.39, 0.29) is 29.8 Å². The Labute approximate surface area is 208 Å². The molecule has 0 N–H and O–H groups in total. The highest BCUT2D eigenvalue weighted by Gasteiger charge is 2.22. The molecule has 11 nitrogen and oxygen atoms in total. The van der Waals surface area contributed by atoms with E-state index >= 15 is 0 Å². The predicted molar refractivity (Wildman–Crippen MR) is 133 cm³/mol. The molecule has 0 aliphatic heterocycles. The first-order valence-electron chi connectivity index (χ1n) is 11.4. The van der Waals surface area contributed by atoms with Crippen LogP contribution in [0.5, 0.6) is 11.5 Å². The van der Waals surface area contributed by atoms with Gasteiger partial charge in [-0.2, -0.15) is 0 Å². The number of carbonyl (C=O) groups is 2. The van der Waals surface area contributed by atoms with Crippen LogP contribution in [0.1, 0.15) is 54.2 Å². The van der Waals surface area contributed by atoms with Crippen molar-refractivity contribution in [3.05, 3.63) is 45.6 Å². The maximum absolute atomic E-state index is 12.4. The molecule has 0 saturated heterocycles. The van der Waals surface area contributed by atoms with Crippen LogP contribution in [-0.4, -0.2) is 49.3 Å². The van der Waals surface area contributed by atoms with Crippen molar-refractivity contribution in [2.24, 2.45) is 17.0 Å². The van der Waals surface area contributed by atoms with Crippen LogP contribution in [0, 0.1) is 11.8 Å². The fourth-order valence-electron chi connectivity index (χ4n) is 3.48. The summed E-state index contributed by atoms with van der Waals surface area (Å²) in [5.41, 5.74) is 10.2. The SMILES string of the molecule is COC(=O)c1cc(OCC(C)C)c2cc3c(OCC(C)C)cc(C(=O)OC)nc3c(CN=[N+]=[N-])c2n1. The van der Waals surface area contributed by atoms with Crippen LogP contribution in [0.15, 0.2) is 23.3 Å². The summed E-state index contributed by atoms with van der Waals surface area (Å²) in [6.45, 7) is 8.64. The summed E-state index contributed by atoms with van der Waals surface area (Å²) in [6, 6.07) is 4.83. The third-order valence-electron chi connectivity index (χ3n) is 5.13. The number of aromatic nitrogens is 2. The standard InChI is InChI=1S/C25H29N5O6/c1-13(2)11-35-20-8-18(24(31)33-5)28-22-15(20)7-16-21(36-12-14(3)4)9-19(25(32)34-6)29-23(16)17(22)10-27-30-26/h7-9,13-14H,10-12H2,1-6H3. The van der Waals surface area contributed by atoms with Gasteiger partial charge in [-0.3, -0.25) is 0 Å². The van der Waals surface area contributed by atoms with Crippen molar-refractivity contribution in [3.63, 3.8) is 0 Å². The van der Waals surface area contributed by atoms with Gasteiger partial charge in [-0.1, -0.05) is 32.8 Å². The highest BCUT2D eigenvalue weighted by atomic mass is 16.5. The Balaban J connectivity index is 2.47. The number of nitrogens with zero attached hydrogens (tertiary/aromatic N) is 5. The van der Waals surface area contributed by atoms with Crippen LogP contribution in [0.2, 0.25) is 0 Å². The summed E-state index contributed by atoms with van der Waals surface area (Å²) >= 11 is 0. The van der Waals surface area contributed by atoms with Gasteiger partial charge in [0.05, 0.1) is 45.0 Å². The second-order valence-corrected chi connectivity index (χ2v) is 8.94. The molecule has 2 aromatic heterocycles. The van der Waals surface area contributed by atoms with Crippen molar-refractivity contribution in [1.82, 2.24) is 9.97 Å². The maximum atomic E-state index is 12.4. The summed E-state index contributed by atoms with van der Waals surface area (Å²) < 4.78 is 21.9. The van der Waals surface area contributed by atoms with Crippen molar-refractivity contribution in [1.29, 1.82) is 0 Å². The minimum absolute atomic E-state index is 0.0192. The lowest BCUT2D eigenvalue weighted by Crippen LogP contribution is -2.11. The highest BCUT2D eigenvalue weighted by Crippen LogP contribution is 2.38. The zero-order chi connectivity index (χ0) is 26.4. The van der Waals surface area contributed by atoms with Gasteiger partial charge in [0.15, 0.2) is 11.4 Å². The number of hydrogen-bond donors (Lipinski definition) is 0. The topological polar surface area (TPSA) is 146 Å². The van der Waals surface area contributed by atoms with Gasteiger partial charge in [-0.15, -0.1) is 0 Å². The monoisotopic (exact) mass is 495 g/mol. The number of methoxy groups -OCH3 is 2. The summed E-state index contributed by atoms with van der Waals surface area (Å²) in [6.07, 6.45) is 0. The molecule has 0 aliphatic carbocycles. The van der Waals surface area contributed by atoms with Gasteiger partial charge in [0.25, 0.3) is 0 Å². The van der Waals surface area contributed by atoms with Gasteiger partial charge < -0.3 is 18.9 Å². The molecule has 0 spiro atoms. The molecule has 0 aliphatic rings. The van der Waals surface area contributed by atoms with Crippen LogP contribution >= 0.6 is 0 Å². The molecular weight excluding hydrogens is 466 g/mol. The number of esters is 2. The van der Waals surface area contributed by atoms with Crippen LogP contribution in [0.25, 0.3) is 32.2 Å². The van der Waals surface area contributed by atoms with Gasteiger partial charge in [-0.05, 0) is 23.4 Å². The van der Waals surface area contributed by atoms with E-state index < -0.39 is 11.9 Å². The zero-order valence-corrected chi connectivity index (χ0v) is 21.2. The minimum atomic E-state index is -0.654. The molecule has 3 aromatic rings. The van der Waals surface area contributed by atoms with Crippen molar-refractivity contribution in [2.45, 2.75) is 34.2 Å². The van der Waals surface area contributed by atoms with Crippen LogP contribution < -0.4 is 9.47 Å². The first-order valence-corrected chi connectivity index (χ1v) is 11.4. The van der Waals surface area contributed by atoms with Crippen molar-refractivity contribution in [2.75, 3.05) is 27.4 Å². The third-order valence-corrected chi connectivity index (χ3v) is 5.13. The number of ether oxygens (including phenoxy) is 4. The third kappa shape index (κ3) is 5.75. The Morgan fingerprint density at radius 2 is 1.31 bits per heavy atom. The number of pyridine rings is 2. The Bertz CT molecular complexity index is 1260. The van der Waals surface area contributed by atoms with Crippen LogP contribution in [-0.2, 0) is 16.0 Å². The minimum Gasteiger partial charge on any atom is -0.493 e. The fourth-order valence-corrected chi connectivity index (χ4v) is 3.48. The maximum Gasteiger partial charge on any atom is 0.356 e. The Morgan fingerprint density at radius 1 is 0.861 bits per heavy atom. The second kappa shape index (κ2) is 11.5. The summed E-state index contributed by atoms with van der Waals surface area (Å²) in [5, 5.41) is 4.87. The van der Waals surface area contributed by atoms with Gasteiger partial charge in [0.2, 0.25) is 0 Å². The van der Waals surface area contributed by atoms with Crippen molar-refractivity contribution in [3.8, 4) is 11.5 Å². The van der Waals surface area contributed by atoms with E-state index in [1.807, 2.05) is 27.7 Å². The van der Waals surface area contributed by atoms with Crippen LogP contribution in [0.3, 0.4) is 0 Å². The lowest BCUT2D eigenvalue weighted by molar-refractivity contribution is 0.0585. The van der Waals surface area contributed by atoms with E-state index in [9.17, 15) is 9.59 Å². The number of fused-ring (bicyclic) bond motifs is 2. The van der Waals surface area contributed by atoms with E-state index in [0.29, 0.717) is 52.1 Å². The van der Waals surface area contributed by atoms with Crippen LogP contribution in [0.4, 0.5) is 0 Å². The molecule has 11 heteroatoms. The number of benzene rings is 1. The normalized spacial score (nSPS) is 11.0. The molecule has 0 saturated carbocycles. The van der Waals surface area contributed by atoms with Gasteiger partial charge in [0.1, 0.15) is 11.5 Å². The summed E-state index contributed by atoms with van der Waals surface area (Å²) in [7, 11) is 2.51. The first-order chi connectivity index (χ1) is 17.2. The van der Waals surface area contributed by atoms with E-state index in [1.165, 1.54) is 26.4 Å². The van der Waals surface area contributed by atoms with Gasteiger partial charge in [-0.25, -0.2) is 19.6 Å². The molecule has 0 bridgehead atoms. The molecule has 0 fully saturated rings. The molecule has 0 atom stereocenters. The van der Waals surface area contributed by atoms with Gasteiger partial charge in [0, 0.05) is 33.4 Å². The average molecular weight is 496 g/mol. The number of hydrogen-bond acceptors (Lipinski definition) is 9. The van der Waals surface area contributed by atoms with Gasteiger partial charge >= 0.3 is 11.9 Å². The first kappa shape index (κ1) is 26.5. The fraction of sp³-hybridized carbons (Fsp3) is 0.440. The van der Waals surface area contributed by atoms with Crippen molar-refractivity contribution < 1.29 is 28.5 Å². The molecule has 36 heavy (non-hydrogen) atoms. The average Bonchev–Trinajstić information content (AvgIpc) is 2.86. The molecule has 0 radical (unpaired) electrons. The van der Waals surface area contributed by atoms with Crippen molar-refractivity contribution >= 4 is 33.7 Å². The van der Waals surface area contributed by atoms with E-state index in [0.717, 1.165) is 0 Å². The van der Waals surface area contributed by atoms with E-state index in [2.05, 4.69) is 20.0 Å². The smallest absolute Gasteiger partial charge is 0.356 e. The molecule has 190 valence electrons.